The number of rotatable bonds is 3. The number of aromatic amines is 1. The summed E-state index contributed by atoms with van der Waals surface area (Å²) in [5.41, 5.74) is 1.30. The average molecular weight is 336 g/mol. The van der Waals surface area contributed by atoms with E-state index in [9.17, 15) is 4.79 Å². The third kappa shape index (κ3) is 2.41. The van der Waals surface area contributed by atoms with Gasteiger partial charge in [0.1, 0.15) is 0 Å². The molecule has 2 heterocycles. The van der Waals surface area contributed by atoms with Crippen LogP contribution in [0.1, 0.15) is 15.4 Å². The lowest BCUT2D eigenvalue weighted by Crippen LogP contribution is -2.23. The minimum atomic E-state index is -0.169. The first-order chi connectivity index (χ1) is 9.25. The summed E-state index contributed by atoms with van der Waals surface area (Å²) in [6, 6.07) is 9.55. The Morgan fingerprint density at radius 2 is 2.21 bits per heavy atom. The quantitative estimate of drug-likeness (QED) is 0.771. The molecule has 2 N–H and O–H groups in total. The minimum absolute atomic E-state index is 0.169. The SMILES string of the molecule is O=C(NCc1sccc1Br)c1n[nH]c2ccccc12. The topological polar surface area (TPSA) is 57.8 Å². The Bertz CT molecular complexity index is 734. The van der Waals surface area contributed by atoms with Crippen molar-refractivity contribution in [1.82, 2.24) is 15.5 Å². The molecule has 0 unspecified atom stereocenters. The van der Waals surface area contributed by atoms with Crippen LogP contribution in [-0.2, 0) is 6.54 Å². The summed E-state index contributed by atoms with van der Waals surface area (Å²) in [5, 5.41) is 12.6. The molecule has 0 aliphatic rings. The van der Waals surface area contributed by atoms with E-state index in [0.29, 0.717) is 12.2 Å². The van der Waals surface area contributed by atoms with Crippen LogP contribution < -0.4 is 5.32 Å². The van der Waals surface area contributed by atoms with Crippen LogP contribution in [0.2, 0.25) is 0 Å². The molecular weight excluding hydrogens is 326 g/mol. The van der Waals surface area contributed by atoms with Crippen molar-refractivity contribution in [2.45, 2.75) is 6.54 Å². The van der Waals surface area contributed by atoms with Gasteiger partial charge in [0, 0.05) is 14.7 Å². The first-order valence-corrected chi connectivity index (χ1v) is 7.36. The molecule has 0 aliphatic heterocycles. The molecule has 6 heteroatoms. The molecule has 0 atom stereocenters. The monoisotopic (exact) mass is 335 g/mol. The fraction of sp³-hybridized carbons (Fsp3) is 0.0769. The third-order valence-corrected chi connectivity index (χ3v) is 4.71. The van der Waals surface area contributed by atoms with Crippen molar-refractivity contribution in [3.05, 3.63) is 50.8 Å². The Balaban J connectivity index is 1.79. The number of halogens is 1. The van der Waals surface area contributed by atoms with Crippen molar-refractivity contribution in [2.24, 2.45) is 0 Å². The maximum Gasteiger partial charge on any atom is 0.272 e. The van der Waals surface area contributed by atoms with E-state index in [0.717, 1.165) is 20.3 Å². The summed E-state index contributed by atoms with van der Waals surface area (Å²) >= 11 is 5.04. The first kappa shape index (κ1) is 12.4. The predicted molar refractivity (Wildman–Crippen MR) is 79.3 cm³/mol. The molecule has 0 saturated heterocycles. The highest BCUT2D eigenvalue weighted by Gasteiger charge is 2.13. The van der Waals surface area contributed by atoms with Gasteiger partial charge in [-0.1, -0.05) is 18.2 Å². The Kier molecular flexibility index (Phi) is 3.35. The van der Waals surface area contributed by atoms with Crippen LogP contribution in [0.15, 0.2) is 40.2 Å². The summed E-state index contributed by atoms with van der Waals surface area (Å²) in [4.78, 5) is 13.2. The number of amides is 1. The Morgan fingerprint density at radius 3 is 3.00 bits per heavy atom. The largest absolute Gasteiger partial charge is 0.346 e. The predicted octanol–water partition coefficient (Wildman–Crippen LogP) is 3.32. The average Bonchev–Trinajstić information content (AvgIpc) is 3.02. The number of para-hydroxylation sites is 1. The normalized spacial score (nSPS) is 10.8. The number of benzene rings is 1. The fourth-order valence-corrected chi connectivity index (χ4v) is 3.26. The molecule has 0 spiro atoms. The van der Waals surface area contributed by atoms with Crippen LogP contribution >= 0.6 is 27.3 Å². The second kappa shape index (κ2) is 5.14. The number of H-pyrrole nitrogens is 1. The van der Waals surface area contributed by atoms with Crippen LogP contribution in [0.3, 0.4) is 0 Å². The van der Waals surface area contributed by atoms with Crippen molar-refractivity contribution in [2.75, 3.05) is 0 Å². The van der Waals surface area contributed by atoms with Gasteiger partial charge in [0.2, 0.25) is 0 Å². The van der Waals surface area contributed by atoms with Crippen LogP contribution in [0, 0.1) is 0 Å². The van der Waals surface area contributed by atoms with E-state index in [2.05, 4.69) is 31.4 Å². The smallest absolute Gasteiger partial charge is 0.272 e. The molecule has 0 fully saturated rings. The van der Waals surface area contributed by atoms with E-state index in [4.69, 9.17) is 0 Å². The highest BCUT2D eigenvalue weighted by molar-refractivity contribution is 9.10. The number of thiophene rings is 1. The molecule has 2 aromatic heterocycles. The van der Waals surface area contributed by atoms with Gasteiger partial charge in [0.25, 0.3) is 5.91 Å². The lowest BCUT2D eigenvalue weighted by molar-refractivity contribution is 0.0948. The van der Waals surface area contributed by atoms with Gasteiger partial charge < -0.3 is 5.32 Å². The van der Waals surface area contributed by atoms with Gasteiger partial charge in [-0.05, 0) is 33.4 Å². The van der Waals surface area contributed by atoms with Crippen molar-refractivity contribution >= 4 is 44.1 Å². The number of nitrogens with one attached hydrogen (secondary N) is 2. The van der Waals surface area contributed by atoms with E-state index in [1.165, 1.54) is 0 Å². The van der Waals surface area contributed by atoms with Crippen molar-refractivity contribution in [1.29, 1.82) is 0 Å². The maximum absolute atomic E-state index is 12.1. The Labute approximate surface area is 122 Å². The van der Waals surface area contributed by atoms with Gasteiger partial charge in [-0.3, -0.25) is 9.89 Å². The summed E-state index contributed by atoms with van der Waals surface area (Å²) in [6.07, 6.45) is 0. The standard InChI is InChI=1S/C13H10BrN3OS/c14-9-5-6-19-11(9)7-15-13(18)12-8-3-1-2-4-10(8)16-17-12/h1-6H,7H2,(H,15,18)(H,16,17). The fourth-order valence-electron chi connectivity index (χ4n) is 1.83. The van der Waals surface area contributed by atoms with Crippen molar-refractivity contribution in [3.63, 3.8) is 0 Å². The molecule has 19 heavy (non-hydrogen) atoms. The van der Waals surface area contributed by atoms with Gasteiger partial charge >= 0.3 is 0 Å². The van der Waals surface area contributed by atoms with Crippen LogP contribution in [0.4, 0.5) is 0 Å². The number of carbonyl (C=O) groups is 1. The molecule has 4 nitrogen and oxygen atoms in total. The van der Waals surface area contributed by atoms with Gasteiger partial charge in [-0.15, -0.1) is 11.3 Å². The number of fused-ring (bicyclic) bond motifs is 1. The number of aromatic nitrogens is 2. The third-order valence-electron chi connectivity index (χ3n) is 2.79. The van der Waals surface area contributed by atoms with Gasteiger partial charge in [0.15, 0.2) is 5.69 Å². The van der Waals surface area contributed by atoms with E-state index in [-0.39, 0.29) is 5.91 Å². The molecule has 0 bridgehead atoms. The van der Waals surface area contributed by atoms with E-state index in [1.807, 2.05) is 35.7 Å². The maximum atomic E-state index is 12.1. The lowest BCUT2D eigenvalue weighted by atomic mass is 10.2. The zero-order valence-corrected chi connectivity index (χ0v) is 12.2. The summed E-state index contributed by atoms with van der Waals surface area (Å²) < 4.78 is 1.02. The lowest BCUT2D eigenvalue weighted by Gasteiger charge is -2.02. The zero-order chi connectivity index (χ0) is 13.2. The molecule has 0 saturated carbocycles. The molecular formula is C13H10BrN3OS. The molecule has 0 radical (unpaired) electrons. The molecule has 1 aromatic carbocycles. The van der Waals surface area contributed by atoms with Crippen molar-refractivity contribution in [3.8, 4) is 0 Å². The number of nitrogens with zero attached hydrogens (tertiary/aromatic N) is 1. The minimum Gasteiger partial charge on any atom is -0.346 e. The summed E-state index contributed by atoms with van der Waals surface area (Å²) in [5.74, 6) is -0.169. The number of carbonyl (C=O) groups excluding carboxylic acids is 1. The number of hydrogen-bond donors (Lipinski definition) is 2. The van der Waals surface area contributed by atoms with Crippen LogP contribution in [0.25, 0.3) is 10.9 Å². The van der Waals surface area contributed by atoms with Crippen LogP contribution in [0.5, 0.6) is 0 Å². The van der Waals surface area contributed by atoms with E-state index >= 15 is 0 Å². The highest BCUT2D eigenvalue weighted by Crippen LogP contribution is 2.22. The Hall–Kier alpha value is -1.66. The zero-order valence-electron chi connectivity index (χ0n) is 9.81. The highest BCUT2D eigenvalue weighted by atomic mass is 79.9. The molecule has 0 aliphatic carbocycles. The molecule has 96 valence electrons. The number of hydrogen-bond acceptors (Lipinski definition) is 3. The van der Waals surface area contributed by atoms with E-state index in [1.54, 1.807) is 11.3 Å². The van der Waals surface area contributed by atoms with Gasteiger partial charge in [-0.2, -0.15) is 5.10 Å². The summed E-state index contributed by atoms with van der Waals surface area (Å²) in [6.45, 7) is 0.498. The summed E-state index contributed by atoms with van der Waals surface area (Å²) in [7, 11) is 0. The van der Waals surface area contributed by atoms with Crippen LogP contribution in [-0.4, -0.2) is 16.1 Å². The molecule has 3 aromatic rings. The van der Waals surface area contributed by atoms with Gasteiger partial charge in [-0.25, -0.2) is 0 Å². The Morgan fingerprint density at radius 1 is 1.37 bits per heavy atom. The molecule has 3 rings (SSSR count). The van der Waals surface area contributed by atoms with Gasteiger partial charge in [0.05, 0.1) is 12.1 Å². The second-order valence-electron chi connectivity index (χ2n) is 3.99. The molecule has 1 amide bonds. The van der Waals surface area contributed by atoms with E-state index < -0.39 is 0 Å². The van der Waals surface area contributed by atoms with Crippen molar-refractivity contribution < 1.29 is 4.79 Å². The second-order valence-corrected chi connectivity index (χ2v) is 5.85. The first-order valence-electron chi connectivity index (χ1n) is 5.69.